The van der Waals surface area contributed by atoms with E-state index in [9.17, 15) is 13.6 Å². The second kappa shape index (κ2) is 7.48. The van der Waals surface area contributed by atoms with Crippen molar-refractivity contribution in [3.05, 3.63) is 95.1 Å². The molecule has 0 saturated heterocycles. The maximum Gasteiger partial charge on any atom is 0.254 e. The van der Waals surface area contributed by atoms with Crippen LogP contribution >= 0.6 is 0 Å². The summed E-state index contributed by atoms with van der Waals surface area (Å²) in [6.07, 6.45) is 0.869. The van der Waals surface area contributed by atoms with Crippen LogP contribution in [0.1, 0.15) is 34.3 Å². The zero-order chi connectivity index (χ0) is 18.7. The number of hydrogen-bond donors (Lipinski definition) is 1. The summed E-state index contributed by atoms with van der Waals surface area (Å²) in [6.45, 7) is 2.16. The van der Waals surface area contributed by atoms with Crippen molar-refractivity contribution in [2.24, 2.45) is 5.73 Å². The van der Waals surface area contributed by atoms with Crippen LogP contribution in [0.4, 0.5) is 8.78 Å². The van der Waals surface area contributed by atoms with Crippen LogP contribution in [0, 0.1) is 11.6 Å². The maximum atomic E-state index is 13.9. The molecule has 2 nitrogen and oxygen atoms in total. The third-order valence-electron chi connectivity index (χ3n) is 4.49. The van der Waals surface area contributed by atoms with Crippen LogP contribution in [-0.2, 0) is 6.42 Å². The van der Waals surface area contributed by atoms with E-state index in [-0.39, 0.29) is 0 Å². The first kappa shape index (κ1) is 17.8. The van der Waals surface area contributed by atoms with Gasteiger partial charge in [0, 0.05) is 0 Å². The third kappa shape index (κ3) is 3.80. The Kier molecular flexibility index (Phi) is 5.12. The smallest absolute Gasteiger partial charge is 0.254 e. The fraction of sp³-hybridized carbons (Fsp3) is 0.136. The van der Waals surface area contributed by atoms with Gasteiger partial charge in [-0.15, -0.1) is 0 Å². The zero-order valence-electron chi connectivity index (χ0n) is 14.4. The molecule has 0 aliphatic carbocycles. The second-order valence-electron chi connectivity index (χ2n) is 6.39. The molecule has 3 aromatic rings. The van der Waals surface area contributed by atoms with Gasteiger partial charge in [0.2, 0.25) is 0 Å². The van der Waals surface area contributed by atoms with Crippen LogP contribution in [0.3, 0.4) is 0 Å². The Morgan fingerprint density at radius 3 is 2.04 bits per heavy atom. The summed E-state index contributed by atoms with van der Waals surface area (Å²) in [4.78, 5) is 11.1. The van der Waals surface area contributed by atoms with Crippen LogP contribution in [0.15, 0.2) is 66.7 Å². The van der Waals surface area contributed by atoms with E-state index < -0.39 is 23.1 Å². The van der Waals surface area contributed by atoms with Crippen LogP contribution < -0.4 is 5.73 Å². The Morgan fingerprint density at radius 1 is 0.923 bits per heavy atom. The van der Waals surface area contributed by atoms with Gasteiger partial charge in [-0.3, -0.25) is 4.79 Å². The van der Waals surface area contributed by atoms with Crippen molar-refractivity contribution in [2.75, 3.05) is 0 Å². The molecule has 3 rings (SSSR count). The first-order chi connectivity index (χ1) is 12.5. The van der Waals surface area contributed by atoms with Crippen molar-refractivity contribution in [1.29, 1.82) is 0 Å². The highest BCUT2D eigenvalue weighted by molar-refractivity contribution is 5.94. The van der Waals surface area contributed by atoms with Gasteiger partial charge in [-0.1, -0.05) is 61.5 Å². The Morgan fingerprint density at radius 2 is 1.50 bits per heavy atom. The van der Waals surface area contributed by atoms with Crippen LogP contribution in [0.2, 0.25) is 0 Å². The van der Waals surface area contributed by atoms with Crippen molar-refractivity contribution in [3.63, 3.8) is 0 Å². The molecule has 0 bridgehead atoms. The molecule has 1 atom stereocenters. The highest BCUT2D eigenvalue weighted by Gasteiger charge is 2.16. The van der Waals surface area contributed by atoms with Crippen LogP contribution in [0.5, 0.6) is 0 Å². The molecule has 0 fully saturated rings. The van der Waals surface area contributed by atoms with Crippen LogP contribution in [-0.4, -0.2) is 5.91 Å². The average molecular weight is 351 g/mol. The van der Waals surface area contributed by atoms with Gasteiger partial charge >= 0.3 is 0 Å². The topological polar surface area (TPSA) is 43.1 Å². The van der Waals surface area contributed by atoms with E-state index in [0.29, 0.717) is 17.0 Å². The fourth-order valence-electron chi connectivity index (χ4n) is 3.06. The largest absolute Gasteiger partial charge is 0.365 e. The van der Waals surface area contributed by atoms with E-state index in [0.717, 1.165) is 24.1 Å². The number of nitrogens with two attached hydrogens (primary N) is 1. The van der Waals surface area contributed by atoms with E-state index in [1.165, 1.54) is 5.56 Å². The molecule has 0 aliphatic rings. The molecule has 132 valence electrons. The summed E-state index contributed by atoms with van der Waals surface area (Å²) in [5.41, 5.74) is 7.74. The quantitative estimate of drug-likeness (QED) is 0.685. The maximum absolute atomic E-state index is 13.9. The lowest BCUT2D eigenvalue weighted by Crippen LogP contribution is -2.15. The molecule has 0 saturated carbocycles. The summed E-state index contributed by atoms with van der Waals surface area (Å²) in [5.74, 6) is -2.65. The molecule has 0 spiro atoms. The monoisotopic (exact) mass is 351 g/mol. The summed E-state index contributed by atoms with van der Waals surface area (Å²) in [7, 11) is 0. The van der Waals surface area contributed by atoms with Gasteiger partial charge in [-0.05, 0) is 46.7 Å². The number of amides is 1. The standard InChI is InChI=1S/C22H19F2NO/c1-14(16-5-3-2-4-6-16)11-15-7-9-17(10-8-15)18-12-19(23)21(22(25)26)20(24)13-18/h2-10,12-14H,11H2,1H3,(H2,25,26). The minimum absolute atomic E-state index is 0.367. The van der Waals surface area contributed by atoms with Gasteiger partial charge in [-0.2, -0.15) is 0 Å². The minimum atomic E-state index is -1.11. The van der Waals surface area contributed by atoms with E-state index in [1.807, 2.05) is 42.5 Å². The number of hydrogen-bond acceptors (Lipinski definition) is 1. The molecule has 2 N–H and O–H groups in total. The predicted molar refractivity (Wildman–Crippen MR) is 98.9 cm³/mol. The molecule has 0 radical (unpaired) electrons. The average Bonchev–Trinajstić information content (AvgIpc) is 2.62. The summed E-state index contributed by atoms with van der Waals surface area (Å²) < 4.78 is 27.9. The normalized spacial score (nSPS) is 12.0. The first-order valence-corrected chi connectivity index (χ1v) is 8.39. The lowest BCUT2D eigenvalue weighted by Gasteiger charge is -2.12. The number of benzene rings is 3. The van der Waals surface area contributed by atoms with Crippen LogP contribution in [0.25, 0.3) is 11.1 Å². The van der Waals surface area contributed by atoms with Gasteiger partial charge < -0.3 is 5.73 Å². The van der Waals surface area contributed by atoms with Crippen molar-refractivity contribution in [3.8, 4) is 11.1 Å². The fourth-order valence-corrected chi connectivity index (χ4v) is 3.06. The van der Waals surface area contributed by atoms with Crippen molar-refractivity contribution < 1.29 is 13.6 Å². The second-order valence-corrected chi connectivity index (χ2v) is 6.39. The molecule has 4 heteroatoms. The van der Waals surface area contributed by atoms with Crippen molar-refractivity contribution >= 4 is 5.91 Å². The Bertz CT molecular complexity index is 898. The van der Waals surface area contributed by atoms with E-state index in [2.05, 4.69) is 19.1 Å². The molecule has 0 aromatic heterocycles. The van der Waals surface area contributed by atoms with E-state index >= 15 is 0 Å². The molecule has 1 amide bonds. The lowest BCUT2D eigenvalue weighted by molar-refractivity contribution is 0.0992. The number of carbonyl (C=O) groups is 1. The molecular formula is C22H19F2NO. The molecule has 26 heavy (non-hydrogen) atoms. The van der Waals surface area contributed by atoms with Gasteiger partial charge in [0.05, 0.1) is 0 Å². The number of carbonyl (C=O) groups excluding carboxylic acids is 1. The van der Waals surface area contributed by atoms with E-state index in [4.69, 9.17) is 5.73 Å². The highest BCUT2D eigenvalue weighted by atomic mass is 19.1. The Balaban J connectivity index is 1.81. The SMILES string of the molecule is CC(Cc1ccc(-c2cc(F)c(C(N)=O)c(F)c2)cc1)c1ccccc1. The molecule has 3 aromatic carbocycles. The van der Waals surface area contributed by atoms with Crippen molar-refractivity contribution in [2.45, 2.75) is 19.3 Å². The summed E-state index contributed by atoms with van der Waals surface area (Å²) in [6, 6.07) is 20.1. The van der Waals surface area contributed by atoms with Gasteiger partial charge in [-0.25, -0.2) is 8.78 Å². The highest BCUT2D eigenvalue weighted by Crippen LogP contribution is 2.26. The number of primary amides is 1. The van der Waals surface area contributed by atoms with Gasteiger partial charge in [0.15, 0.2) is 0 Å². The molecular weight excluding hydrogens is 332 g/mol. The Hall–Kier alpha value is -3.01. The van der Waals surface area contributed by atoms with E-state index in [1.54, 1.807) is 0 Å². The summed E-state index contributed by atoms with van der Waals surface area (Å²) in [5, 5.41) is 0. The van der Waals surface area contributed by atoms with Gasteiger partial charge in [0.1, 0.15) is 17.2 Å². The summed E-state index contributed by atoms with van der Waals surface area (Å²) >= 11 is 0. The zero-order valence-corrected chi connectivity index (χ0v) is 14.4. The predicted octanol–water partition coefficient (Wildman–Crippen LogP) is 5.08. The minimum Gasteiger partial charge on any atom is -0.365 e. The molecule has 0 heterocycles. The third-order valence-corrected chi connectivity index (χ3v) is 4.49. The molecule has 1 unspecified atom stereocenters. The molecule has 0 aliphatic heterocycles. The lowest BCUT2D eigenvalue weighted by atomic mass is 9.93. The van der Waals surface area contributed by atoms with Gasteiger partial charge in [0.25, 0.3) is 5.91 Å². The van der Waals surface area contributed by atoms with Crippen molar-refractivity contribution in [1.82, 2.24) is 0 Å². The Labute approximate surface area is 151 Å². The number of rotatable bonds is 5. The first-order valence-electron chi connectivity index (χ1n) is 8.39. The number of halogens is 2.